The van der Waals surface area contributed by atoms with Gasteiger partial charge in [0.1, 0.15) is 11.6 Å². The molecule has 0 fully saturated rings. The lowest BCUT2D eigenvalue weighted by molar-refractivity contribution is 0.409. The van der Waals surface area contributed by atoms with Crippen LogP contribution in [-0.4, -0.2) is 7.11 Å². The average Bonchev–Trinajstić information content (AvgIpc) is 2.41. The Hall–Kier alpha value is -0.390. The highest BCUT2D eigenvalue weighted by Crippen LogP contribution is 2.42. The van der Waals surface area contributed by atoms with E-state index in [0.29, 0.717) is 5.56 Å². The molecule has 0 saturated carbocycles. The minimum absolute atomic E-state index is 0.264. The normalized spacial score (nSPS) is 12.3. The molecule has 0 spiro atoms. The summed E-state index contributed by atoms with van der Waals surface area (Å²) in [6.45, 7) is 1.98. The largest absolute Gasteiger partial charge is 0.496 e. The smallest absolute Gasteiger partial charge is 0.129 e. The van der Waals surface area contributed by atoms with Crippen LogP contribution in [0.25, 0.3) is 0 Å². The second kappa shape index (κ2) is 6.58. The predicted molar refractivity (Wildman–Crippen MR) is 90.3 cm³/mol. The maximum absolute atomic E-state index is 14.1. The van der Waals surface area contributed by atoms with E-state index in [1.807, 2.05) is 25.1 Å². The van der Waals surface area contributed by atoms with Crippen molar-refractivity contribution in [1.29, 1.82) is 0 Å². The molecule has 0 bridgehead atoms. The lowest BCUT2D eigenvalue weighted by Gasteiger charge is -2.18. The van der Waals surface area contributed by atoms with Gasteiger partial charge in [0.25, 0.3) is 0 Å². The number of methoxy groups -OCH3 is 1. The van der Waals surface area contributed by atoms with E-state index in [-0.39, 0.29) is 10.6 Å². The quantitative estimate of drug-likeness (QED) is 0.493. The SMILES string of the molecule is COc1cc(C)c(Br)cc1C(Br)c1c(F)cccc1Br. The average molecular weight is 467 g/mol. The van der Waals surface area contributed by atoms with Crippen LogP contribution in [0, 0.1) is 12.7 Å². The highest BCUT2D eigenvalue weighted by Gasteiger charge is 2.22. The van der Waals surface area contributed by atoms with Gasteiger partial charge in [-0.1, -0.05) is 53.9 Å². The summed E-state index contributed by atoms with van der Waals surface area (Å²) in [5.41, 5.74) is 2.50. The van der Waals surface area contributed by atoms with E-state index >= 15 is 0 Å². The van der Waals surface area contributed by atoms with E-state index in [1.165, 1.54) is 6.07 Å². The fourth-order valence-corrected chi connectivity index (χ4v) is 4.02. The van der Waals surface area contributed by atoms with Crippen LogP contribution in [-0.2, 0) is 0 Å². The van der Waals surface area contributed by atoms with E-state index in [9.17, 15) is 4.39 Å². The summed E-state index contributed by atoms with van der Waals surface area (Å²) in [6.07, 6.45) is 0. The minimum Gasteiger partial charge on any atom is -0.496 e. The van der Waals surface area contributed by atoms with Crippen LogP contribution in [0.15, 0.2) is 39.3 Å². The molecule has 0 saturated heterocycles. The molecule has 1 nitrogen and oxygen atoms in total. The van der Waals surface area contributed by atoms with Crippen LogP contribution in [0.3, 0.4) is 0 Å². The Morgan fingerprint density at radius 1 is 1.15 bits per heavy atom. The van der Waals surface area contributed by atoms with E-state index in [0.717, 1.165) is 25.8 Å². The number of aryl methyl sites for hydroxylation is 1. The zero-order valence-corrected chi connectivity index (χ0v) is 15.6. The maximum Gasteiger partial charge on any atom is 0.129 e. The Morgan fingerprint density at radius 3 is 2.45 bits per heavy atom. The molecule has 0 aliphatic carbocycles. The van der Waals surface area contributed by atoms with E-state index in [4.69, 9.17) is 4.74 Å². The van der Waals surface area contributed by atoms with Gasteiger partial charge >= 0.3 is 0 Å². The van der Waals surface area contributed by atoms with Crippen molar-refractivity contribution in [2.75, 3.05) is 7.11 Å². The third-order valence-electron chi connectivity index (χ3n) is 3.04. The lowest BCUT2D eigenvalue weighted by atomic mass is 10.0. The first-order valence-electron chi connectivity index (χ1n) is 5.87. The molecule has 2 rings (SSSR count). The first-order chi connectivity index (χ1) is 9.45. The number of hydrogen-bond donors (Lipinski definition) is 0. The molecule has 0 aliphatic heterocycles. The van der Waals surface area contributed by atoms with Gasteiger partial charge in [0, 0.05) is 20.1 Å². The van der Waals surface area contributed by atoms with Gasteiger partial charge in [-0.15, -0.1) is 0 Å². The third-order valence-corrected chi connectivity index (χ3v) is 5.53. The lowest BCUT2D eigenvalue weighted by Crippen LogP contribution is -2.01. The number of ether oxygens (including phenoxy) is 1. The standard InChI is InChI=1S/C15H12Br3FO/c1-8-6-13(20-2)9(7-11(8)17)15(18)14-10(16)4-3-5-12(14)19/h3-7,15H,1-2H3. The van der Waals surface area contributed by atoms with Crippen LogP contribution >= 0.6 is 47.8 Å². The molecule has 0 amide bonds. The first-order valence-corrected chi connectivity index (χ1v) is 8.38. The van der Waals surface area contributed by atoms with Gasteiger partial charge in [0.15, 0.2) is 0 Å². The Morgan fingerprint density at radius 2 is 1.85 bits per heavy atom. The summed E-state index contributed by atoms with van der Waals surface area (Å²) >= 11 is 10.5. The predicted octanol–water partition coefficient (Wildman–Crippen LogP) is 6.15. The second-order valence-electron chi connectivity index (χ2n) is 4.34. The molecule has 1 unspecified atom stereocenters. The summed E-state index contributed by atoms with van der Waals surface area (Å²) in [7, 11) is 1.61. The van der Waals surface area contributed by atoms with Crippen LogP contribution in [0.5, 0.6) is 5.75 Å². The topological polar surface area (TPSA) is 9.23 Å². The molecular formula is C15H12Br3FO. The second-order valence-corrected chi connectivity index (χ2v) is 6.97. The molecule has 2 aromatic rings. The van der Waals surface area contributed by atoms with Crippen molar-refractivity contribution in [2.45, 2.75) is 11.8 Å². The van der Waals surface area contributed by atoms with Gasteiger partial charge in [-0.05, 0) is 36.8 Å². The van der Waals surface area contributed by atoms with Gasteiger partial charge in [0.2, 0.25) is 0 Å². The van der Waals surface area contributed by atoms with Crippen LogP contribution < -0.4 is 4.74 Å². The van der Waals surface area contributed by atoms with Gasteiger partial charge in [-0.25, -0.2) is 4.39 Å². The molecule has 0 aliphatic rings. The number of benzene rings is 2. The maximum atomic E-state index is 14.1. The number of halogens is 4. The molecule has 0 aromatic heterocycles. The van der Waals surface area contributed by atoms with Crippen LogP contribution in [0.2, 0.25) is 0 Å². The van der Waals surface area contributed by atoms with E-state index < -0.39 is 0 Å². The minimum atomic E-state index is -0.301. The summed E-state index contributed by atoms with van der Waals surface area (Å²) in [5.74, 6) is 0.461. The van der Waals surface area contributed by atoms with Gasteiger partial charge < -0.3 is 4.74 Å². The molecule has 0 heterocycles. The van der Waals surface area contributed by atoms with Crippen molar-refractivity contribution >= 4 is 47.8 Å². The van der Waals surface area contributed by atoms with E-state index in [1.54, 1.807) is 13.2 Å². The summed E-state index contributed by atoms with van der Waals surface area (Å²) in [5, 5.41) is 0. The molecule has 106 valence electrons. The Bertz CT molecular complexity index is 623. The van der Waals surface area contributed by atoms with Crippen molar-refractivity contribution in [3.8, 4) is 5.75 Å². The monoisotopic (exact) mass is 464 g/mol. The number of hydrogen-bond acceptors (Lipinski definition) is 1. The summed E-state index contributed by atoms with van der Waals surface area (Å²) in [4.78, 5) is -0.301. The van der Waals surface area contributed by atoms with Gasteiger partial charge in [-0.3, -0.25) is 0 Å². The fourth-order valence-electron chi connectivity index (χ4n) is 1.95. The van der Waals surface area contributed by atoms with Gasteiger partial charge in [0.05, 0.1) is 11.9 Å². The van der Waals surface area contributed by atoms with Crippen LogP contribution in [0.1, 0.15) is 21.5 Å². The van der Waals surface area contributed by atoms with Crippen molar-refractivity contribution in [3.63, 3.8) is 0 Å². The Kier molecular flexibility index (Phi) is 5.26. The fraction of sp³-hybridized carbons (Fsp3) is 0.200. The zero-order valence-electron chi connectivity index (χ0n) is 10.9. The third kappa shape index (κ3) is 3.10. The first kappa shape index (κ1) is 16.0. The number of rotatable bonds is 3. The zero-order chi connectivity index (χ0) is 14.9. The van der Waals surface area contributed by atoms with Crippen LogP contribution in [0.4, 0.5) is 4.39 Å². The Balaban J connectivity index is 2.59. The van der Waals surface area contributed by atoms with Crippen molar-refractivity contribution in [2.24, 2.45) is 0 Å². The number of alkyl halides is 1. The summed E-state index contributed by atoms with van der Waals surface area (Å²) in [6, 6.07) is 8.83. The molecule has 1 atom stereocenters. The molecular weight excluding hydrogens is 455 g/mol. The molecule has 0 N–H and O–H groups in total. The highest BCUT2D eigenvalue weighted by molar-refractivity contribution is 9.11. The van der Waals surface area contributed by atoms with Crippen molar-refractivity contribution in [1.82, 2.24) is 0 Å². The highest BCUT2D eigenvalue weighted by atomic mass is 79.9. The van der Waals surface area contributed by atoms with Crippen molar-refractivity contribution < 1.29 is 9.13 Å². The molecule has 2 aromatic carbocycles. The molecule has 5 heteroatoms. The Labute approximate surface area is 142 Å². The van der Waals surface area contributed by atoms with Gasteiger partial charge in [-0.2, -0.15) is 0 Å². The molecule has 20 heavy (non-hydrogen) atoms. The van der Waals surface area contributed by atoms with E-state index in [2.05, 4.69) is 47.8 Å². The van der Waals surface area contributed by atoms with Crippen molar-refractivity contribution in [3.05, 3.63) is 61.8 Å². The molecule has 0 radical (unpaired) electrons. The summed E-state index contributed by atoms with van der Waals surface area (Å²) < 4.78 is 21.2.